The van der Waals surface area contributed by atoms with Crippen molar-refractivity contribution in [2.75, 3.05) is 12.4 Å². The standard InChI is InChI=1S/C12H15N5O2/c1-13-12(18)15-10-5-3-2-4-9(10)6-17-7-11(16-19)14-8-17/h2-5,7-8,16,19H,6H2,1H3,(H2,13,15,18)/p+1. The van der Waals surface area contributed by atoms with Gasteiger partial charge in [-0.25, -0.2) is 10.0 Å². The van der Waals surface area contributed by atoms with E-state index in [2.05, 4.69) is 15.6 Å². The number of para-hydroxylation sites is 1. The number of anilines is 1. The molecule has 2 rings (SSSR count). The normalized spacial score (nSPS) is 10.2. The number of quaternary nitrogens is 1. The Bertz CT molecular complexity index is 567. The number of nitrogens with one attached hydrogen (secondary N) is 2. The Morgan fingerprint density at radius 1 is 1.47 bits per heavy atom. The first-order valence-corrected chi connectivity index (χ1v) is 5.79. The van der Waals surface area contributed by atoms with E-state index < -0.39 is 0 Å². The zero-order chi connectivity index (χ0) is 13.7. The molecule has 0 spiro atoms. The summed E-state index contributed by atoms with van der Waals surface area (Å²) in [5.74, 6) is 0.497. The third-order valence-corrected chi connectivity index (χ3v) is 2.63. The second-order valence-corrected chi connectivity index (χ2v) is 3.96. The number of rotatable bonds is 4. The number of urea groups is 1. The molecule has 100 valence electrons. The van der Waals surface area contributed by atoms with E-state index >= 15 is 0 Å². The number of aromatic nitrogens is 2. The summed E-state index contributed by atoms with van der Waals surface area (Å²) in [5, 5.41) is 14.1. The van der Waals surface area contributed by atoms with Crippen LogP contribution in [0.2, 0.25) is 0 Å². The molecule has 0 saturated carbocycles. The number of carbonyl (C=O) groups excluding carboxylic acids is 1. The van der Waals surface area contributed by atoms with Gasteiger partial charge in [-0.2, -0.15) is 10.5 Å². The van der Waals surface area contributed by atoms with E-state index in [9.17, 15) is 4.79 Å². The van der Waals surface area contributed by atoms with Crippen molar-refractivity contribution in [3.63, 3.8) is 0 Å². The Morgan fingerprint density at radius 3 is 2.95 bits per heavy atom. The van der Waals surface area contributed by atoms with Crippen LogP contribution in [0.3, 0.4) is 0 Å². The van der Waals surface area contributed by atoms with Crippen molar-refractivity contribution >= 4 is 17.5 Å². The molecule has 1 aromatic carbocycles. The first kappa shape index (κ1) is 13.1. The molecule has 0 aliphatic carbocycles. The predicted octanol–water partition coefficient (Wildman–Crippen LogP) is 0.267. The van der Waals surface area contributed by atoms with Crippen molar-refractivity contribution in [1.82, 2.24) is 14.9 Å². The SMILES string of the molecule is CNC(=O)Nc1ccccc1Cn1cnc([NH2+]O)c1. The summed E-state index contributed by atoms with van der Waals surface area (Å²) in [4.78, 5) is 15.4. The Labute approximate surface area is 110 Å². The highest BCUT2D eigenvalue weighted by Crippen LogP contribution is 2.16. The van der Waals surface area contributed by atoms with Gasteiger partial charge in [-0.05, 0) is 11.6 Å². The molecule has 5 N–H and O–H groups in total. The number of imidazole rings is 1. The van der Waals surface area contributed by atoms with E-state index in [4.69, 9.17) is 5.21 Å². The smallest absolute Gasteiger partial charge is 0.318 e. The lowest BCUT2D eigenvalue weighted by Crippen LogP contribution is -2.74. The number of hydrogen-bond acceptors (Lipinski definition) is 3. The lowest BCUT2D eigenvalue weighted by molar-refractivity contribution is -0.828. The predicted molar refractivity (Wildman–Crippen MR) is 69.2 cm³/mol. The first-order valence-electron chi connectivity index (χ1n) is 5.79. The highest BCUT2D eigenvalue weighted by Gasteiger charge is 2.07. The van der Waals surface area contributed by atoms with E-state index in [1.54, 1.807) is 19.6 Å². The van der Waals surface area contributed by atoms with E-state index in [1.807, 2.05) is 28.8 Å². The van der Waals surface area contributed by atoms with Crippen LogP contribution in [-0.2, 0) is 6.54 Å². The quantitative estimate of drug-likeness (QED) is 0.595. The minimum absolute atomic E-state index is 0.262. The highest BCUT2D eigenvalue weighted by molar-refractivity contribution is 5.89. The molecule has 1 heterocycles. The molecule has 7 heteroatoms. The van der Waals surface area contributed by atoms with Crippen molar-refractivity contribution in [1.29, 1.82) is 0 Å². The van der Waals surface area contributed by atoms with Crippen LogP contribution in [0.5, 0.6) is 0 Å². The van der Waals surface area contributed by atoms with Crippen molar-refractivity contribution in [3.05, 3.63) is 42.4 Å². The Morgan fingerprint density at radius 2 is 2.26 bits per heavy atom. The van der Waals surface area contributed by atoms with Gasteiger partial charge in [0.2, 0.25) is 0 Å². The fourth-order valence-electron chi connectivity index (χ4n) is 1.69. The molecule has 0 atom stereocenters. The molecule has 0 aliphatic rings. The van der Waals surface area contributed by atoms with Gasteiger partial charge < -0.3 is 15.2 Å². The lowest BCUT2D eigenvalue weighted by Gasteiger charge is -2.10. The maximum Gasteiger partial charge on any atom is 0.318 e. The average molecular weight is 262 g/mol. The van der Waals surface area contributed by atoms with E-state index in [0.717, 1.165) is 16.7 Å². The summed E-state index contributed by atoms with van der Waals surface area (Å²) < 4.78 is 1.83. The Balaban J connectivity index is 2.17. The highest BCUT2D eigenvalue weighted by atomic mass is 16.5. The summed E-state index contributed by atoms with van der Waals surface area (Å²) in [6.45, 7) is 0.557. The molecule has 0 aliphatic heterocycles. The summed E-state index contributed by atoms with van der Waals surface area (Å²) >= 11 is 0. The minimum atomic E-state index is -0.262. The Kier molecular flexibility index (Phi) is 4.11. The maximum atomic E-state index is 11.4. The van der Waals surface area contributed by atoms with Gasteiger partial charge in [0.1, 0.15) is 6.33 Å². The van der Waals surface area contributed by atoms with E-state index in [-0.39, 0.29) is 6.03 Å². The second-order valence-electron chi connectivity index (χ2n) is 3.96. The molecular weight excluding hydrogens is 246 g/mol. The maximum absolute atomic E-state index is 11.4. The molecule has 1 aromatic heterocycles. The summed E-state index contributed by atoms with van der Waals surface area (Å²) in [6.07, 6.45) is 3.34. The number of carbonyl (C=O) groups is 1. The van der Waals surface area contributed by atoms with Crippen molar-refractivity contribution in [3.8, 4) is 0 Å². The monoisotopic (exact) mass is 262 g/mol. The number of nitrogens with two attached hydrogens (primary N) is 1. The van der Waals surface area contributed by atoms with Crippen LogP contribution in [0.15, 0.2) is 36.8 Å². The zero-order valence-electron chi connectivity index (χ0n) is 10.5. The zero-order valence-corrected chi connectivity index (χ0v) is 10.5. The molecule has 7 nitrogen and oxygen atoms in total. The molecule has 2 aromatic rings. The third-order valence-electron chi connectivity index (χ3n) is 2.63. The molecular formula is C12H16N5O2+. The van der Waals surface area contributed by atoms with E-state index in [1.165, 1.54) is 0 Å². The molecule has 0 radical (unpaired) electrons. The largest absolute Gasteiger partial charge is 0.341 e. The van der Waals surface area contributed by atoms with Gasteiger partial charge in [0.05, 0.1) is 12.7 Å². The topological polar surface area (TPSA) is 95.8 Å². The second kappa shape index (κ2) is 5.98. The van der Waals surface area contributed by atoms with Gasteiger partial charge in [0.15, 0.2) is 0 Å². The number of nitrogens with zero attached hydrogens (tertiary/aromatic N) is 2. The molecule has 0 bridgehead atoms. The van der Waals surface area contributed by atoms with Crippen LogP contribution < -0.4 is 16.1 Å². The number of benzene rings is 1. The van der Waals surface area contributed by atoms with Gasteiger partial charge in [-0.15, -0.1) is 0 Å². The summed E-state index contributed by atoms with van der Waals surface area (Å²) in [6, 6.07) is 7.26. The molecule has 19 heavy (non-hydrogen) atoms. The number of hydrogen-bond donors (Lipinski definition) is 4. The van der Waals surface area contributed by atoms with Gasteiger partial charge >= 0.3 is 6.03 Å². The Hall–Kier alpha value is -2.38. The number of amides is 2. The first-order chi connectivity index (χ1) is 9.22. The van der Waals surface area contributed by atoms with Gasteiger partial charge in [-0.1, -0.05) is 18.2 Å². The van der Waals surface area contributed by atoms with Crippen LogP contribution >= 0.6 is 0 Å². The fourth-order valence-corrected chi connectivity index (χ4v) is 1.69. The van der Waals surface area contributed by atoms with Crippen LogP contribution in [0.4, 0.5) is 16.3 Å². The minimum Gasteiger partial charge on any atom is -0.341 e. The van der Waals surface area contributed by atoms with Crippen molar-refractivity contribution < 1.29 is 15.5 Å². The van der Waals surface area contributed by atoms with Crippen LogP contribution in [0, 0.1) is 0 Å². The lowest BCUT2D eigenvalue weighted by atomic mass is 10.2. The van der Waals surface area contributed by atoms with Gasteiger partial charge in [0, 0.05) is 12.7 Å². The van der Waals surface area contributed by atoms with Crippen LogP contribution in [-0.4, -0.2) is 27.8 Å². The van der Waals surface area contributed by atoms with Crippen LogP contribution in [0.25, 0.3) is 0 Å². The third kappa shape index (κ3) is 3.30. The summed E-state index contributed by atoms with van der Waals surface area (Å²) in [5.41, 5.74) is 2.64. The molecule has 0 unspecified atom stereocenters. The van der Waals surface area contributed by atoms with Crippen molar-refractivity contribution in [2.45, 2.75) is 6.54 Å². The molecule has 0 fully saturated rings. The molecule has 2 amide bonds. The van der Waals surface area contributed by atoms with Crippen molar-refractivity contribution in [2.24, 2.45) is 0 Å². The average Bonchev–Trinajstić information content (AvgIpc) is 2.88. The van der Waals surface area contributed by atoms with E-state index in [0.29, 0.717) is 12.4 Å². The summed E-state index contributed by atoms with van der Waals surface area (Å²) in [7, 11) is 1.57. The van der Waals surface area contributed by atoms with Gasteiger partial charge in [-0.3, -0.25) is 0 Å². The fraction of sp³-hybridized carbons (Fsp3) is 0.167. The van der Waals surface area contributed by atoms with Gasteiger partial charge in [0.25, 0.3) is 5.82 Å². The molecule has 0 saturated heterocycles. The van der Waals surface area contributed by atoms with Crippen LogP contribution in [0.1, 0.15) is 5.56 Å².